The zero-order chi connectivity index (χ0) is 22.3. The van der Waals surface area contributed by atoms with Crippen LogP contribution in [0.1, 0.15) is 45.9 Å². The van der Waals surface area contributed by atoms with Crippen LogP contribution in [-0.4, -0.2) is 11.6 Å². The number of hydrogen-bond acceptors (Lipinski definition) is 4. The van der Waals surface area contributed by atoms with Gasteiger partial charge in [0.25, 0.3) is 5.91 Å². The van der Waals surface area contributed by atoms with Gasteiger partial charge in [-0.25, -0.2) is 5.43 Å². The molecule has 0 unspecified atom stereocenters. The summed E-state index contributed by atoms with van der Waals surface area (Å²) in [5, 5.41) is 6.61. The van der Waals surface area contributed by atoms with Crippen molar-refractivity contribution in [3.63, 3.8) is 0 Å². The number of aryl methyl sites for hydroxylation is 1. The molecule has 1 amide bonds. The van der Waals surface area contributed by atoms with Crippen LogP contribution in [0.15, 0.2) is 84.0 Å². The molecule has 0 aliphatic rings. The molecule has 0 atom stereocenters. The second-order valence-corrected chi connectivity index (χ2v) is 8.82. The molecule has 0 aliphatic heterocycles. The quantitative estimate of drug-likeness (QED) is 0.247. The highest BCUT2D eigenvalue weighted by Crippen LogP contribution is 2.22. The Kier molecular flexibility index (Phi) is 6.97. The summed E-state index contributed by atoms with van der Waals surface area (Å²) in [5.41, 5.74) is 4.96. The molecule has 5 heteroatoms. The van der Waals surface area contributed by atoms with Crippen LogP contribution >= 0.6 is 11.3 Å². The molecule has 4 aromatic rings. The lowest BCUT2D eigenvalue weighted by atomic mass is 10.1. The van der Waals surface area contributed by atoms with Crippen molar-refractivity contribution in [2.75, 3.05) is 0 Å². The molecular weight excluding hydrogens is 416 g/mol. The van der Waals surface area contributed by atoms with E-state index in [0.717, 1.165) is 40.1 Å². The lowest BCUT2D eigenvalue weighted by Crippen LogP contribution is -2.19. The van der Waals surface area contributed by atoms with Gasteiger partial charge in [0.2, 0.25) is 0 Å². The van der Waals surface area contributed by atoms with Gasteiger partial charge in [0, 0.05) is 10.4 Å². The van der Waals surface area contributed by atoms with Crippen molar-refractivity contribution in [3.05, 3.63) is 99.7 Å². The minimum atomic E-state index is -0.234. The van der Waals surface area contributed by atoms with Gasteiger partial charge >= 0.3 is 0 Å². The van der Waals surface area contributed by atoms with Gasteiger partial charge < -0.3 is 4.74 Å². The molecule has 1 N–H and O–H groups in total. The lowest BCUT2D eigenvalue weighted by molar-refractivity contribution is 0.0954. The third-order valence-electron chi connectivity index (χ3n) is 5.16. The van der Waals surface area contributed by atoms with Gasteiger partial charge in [-0.3, -0.25) is 4.79 Å². The molecular formula is C27H26N2O2S. The second kappa shape index (κ2) is 10.2. The molecule has 0 radical (unpaired) electrons. The highest BCUT2D eigenvalue weighted by molar-refractivity contribution is 7.14. The Balaban J connectivity index is 1.38. The topological polar surface area (TPSA) is 50.7 Å². The van der Waals surface area contributed by atoms with Crippen LogP contribution in [-0.2, 0) is 13.0 Å². The number of carbonyl (C=O) groups excluding carboxylic acids is 1. The summed E-state index contributed by atoms with van der Waals surface area (Å²) in [6.45, 7) is 4.47. The summed E-state index contributed by atoms with van der Waals surface area (Å²) in [5.74, 6) is 0.569. The second-order valence-electron chi connectivity index (χ2n) is 7.65. The summed E-state index contributed by atoms with van der Waals surface area (Å²) >= 11 is 1.72. The highest BCUT2D eigenvalue weighted by Gasteiger charge is 2.08. The molecule has 0 saturated heterocycles. The molecule has 4 rings (SSSR count). The molecule has 1 heterocycles. The third-order valence-corrected chi connectivity index (χ3v) is 6.41. The van der Waals surface area contributed by atoms with E-state index in [1.165, 1.54) is 10.3 Å². The number of hydrogen-bond donors (Lipinski definition) is 1. The molecule has 32 heavy (non-hydrogen) atoms. The SMILES string of the molecule is CCCc1ccc(/C(C)=N\NC(=O)c2cccc(COc3ccc4ccccc4c3)c2)s1. The van der Waals surface area contributed by atoms with Crippen molar-refractivity contribution >= 4 is 33.7 Å². The minimum Gasteiger partial charge on any atom is -0.489 e. The van der Waals surface area contributed by atoms with E-state index in [2.05, 4.69) is 41.7 Å². The maximum absolute atomic E-state index is 12.6. The van der Waals surface area contributed by atoms with E-state index >= 15 is 0 Å². The van der Waals surface area contributed by atoms with Gasteiger partial charge in [-0.2, -0.15) is 5.10 Å². The van der Waals surface area contributed by atoms with E-state index in [4.69, 9.17) is 4.74 Å². The first kappa shape index (κ1) is 21.8. The number of nitrogens with one attached hydrogen (secondary N) is 1. The zero-order valence-corrected chi connectivity index (χ0v) is 19.1. The Morgan fingerprint density at radius 3 is 2.66 bits per heavy atom. The summed E-state index contributed by atoms with van der Waals surface area (Å²) in [4.78, 5) is 15.0. The van der Waals surface area contributed by atoms with E-state index in [1.54, 1.807) is 17.4 Å². The molecule has 0 aliphatic carbocycles. The van der Waals surface area contributed by atoms with Gasteiger partial charge in [0.1, 0.15) is 12.4 Å². The van der Waals surface area contributed by atoms with Crippen molar-refractivity contribution in [2.45, 2.75) is 33.3 Å². The third kappa shape index (κ3) is 5.42. The fraction of sp³-hybridized carbons (Fsp3) is 0.185. The van der Waals surface area contributed by atoms with Gasteiger partial charge in [-0.15, -0.1) is 11.3 Å². The van der Waals surface area contributed by atoms with E-state index in [-0.39, 0.29) is 5.91 Å². The van der Waals surface area contributed by atoms with E-state index in [1.807, 2.05) is 55.5 Å². The van der Waals surface area contributed by atoms with E-state index in [0.29, 0.717) is 12.2 Å². The van der Waals surface area contributed by atoms with Crippen LogP contribution in [0.3, 0.4) is 0 Å². The lowest BCUT2D eigenvalue weighted by Gasteiger charge is -2.09. The number of fused-ring (bicyclic) bond motifs is 1. The summed E-state index contributed by atoms with van der Waals surface area (Å²) in [6, 6.07) is 25.8. The van der Waals surface area contributed by atoms with Crippen molar-refractivity contribution in [1.29, 1.82) is 0 Å². The molecule has 0 saturated carbocycles. The van der Waals surface area contributed by atoms with Gasteiger partial charge in [0.15, 0.2) is 0 Å². The smallest absolute Gasteiger partial charge is 0.271 e. The maximum Gasteiger partial charge on any atom is 0.271 e. The monoisotopic (exact) mass is 442 g/mol. The fourth-order valence-corrected chi connectivity index (χ4v) is 4.49. The first-order chi connectivity index (χ1) is 15.6. The van der Waals surface area contributed by atoms with Gasteiger partial charge in [0.05, 0.1) is 10.6 Å². The van der Waals surface area contributed by atoms with Crippen molar-refractivity contribution in [3.8, 4) is 5.75 Å². The van der Waals surface area contributed by atoms with Gasteiger partial charge in [-0.05, 0) is 66.1 Å². The number of carbonyl (C=O) groups is 1. The molecule has 162 valence electrons. The first-order valence-electron chi connectivity index (χ1n) is 10.8. The highest BCUT2D eigenvalue weighted by atomic mass is 32.1. The molecule has 0 spiro atoms. The standard InChI is InChI=1S/C27H26N2O2S/c1-3-7-25-14-15-26(32-25)19(2)28-29-27(30)23-11-6-8-20(16-23)18-31-24-13-12-21-9-4-5-10-22(21)17-24/h4-6,8-17H,3,7,18H2,1-2H3,(H,29,30)/b28-19-. The first-order valence-corrected chi connectivity index (χ1v) is 11.6. The summed E-state index contributed by atoms with van der Waals surface area (Å²) in [7, 11) is 0. The maximum atomic E-state index is 12.6. The largest absolute Gasteiger partial charge is 0.489 e. The molecule has 0 fully saturated rings. The zero-order valence-electron chi connectivity index (χ0n) is 18.3. The summed E-state index contributed by atoms with van der Waals surface area (Å²) < 4.78 is 5.96. The van der Waals surface area contributed by atoms with Crippen LogP contribution in [0.2, 0.25) is 0 Å². The van der Waals surface area contributed by atoms with E-state index in [9.17, 15) is 4.79 Å². The molecule has 4 nitrogen and oxygen atoms in total. The Morgan fingerprint density at radius 2 is 1.81 bits per heavy atom. The number of hydrazone groups is 1. The fourth-order valence-electron chi connectivity index (χ4n) is 3.43. The normalized spacial score (nSPS) is 11.5. The van der Waals surface area contributed by atoms with Crippen LogP contribution in [0.5, 0.6) is 5.75 Å². The van der Waals surface area contributed by atoms with E-state index < -0.39 is 0 Å². The molecule has 1 aromatic heterocycles. The average molecular weight is 443 g/mol. The van der Waals surface area contributed by atoms with Crippen molar-refractivity contribution in [2.24, 2.45) is 5.10 Å². The van der Waals surface area contributed by atoms with Crippen molar-refractivity contribution < 1.29 is 9.53 Å². The Morgan fingerprint density at radius 1 is 0.969 bits per heavy atom. The Hall–Kier alpha value is -3.44. The average Bonchev–Trinajstić information content (AvgIpc) is 3.30. The number of benzene rings is 3. The Bertz CT molecular complexity index is 1260. The molecule has 3 aromatic carbocycles. The van der Waals surface area contributed by atoms with Gasteiger partial charge in [-0.1, -0.05) is 55.8 Å². The number of rotatable bonds is 8. The van der Waals surface area contributed by atoms with Crippen LogP contribution < -0.4 is 10.2 Å². The van der Waals surface area contributed by atoms with Crippen LogP contribution in [0.4, 0.5) is 0 Å². The predicted octanol–water partition coefficient (Wildman–Crippen LogP) is 6.59. The molecule has 0 bridgehead atoms. The number of ether oxygens (including phenoxy) is 1. The van der Waals surface area contributed by atoms with Crippen molar-refractivity contribution in [1.82, 2.24) is 5.43 Å². The predicted molar refractivity (Wildman–Crippen MR) is 133 cm³/mol. The number of thiophene rings is 1. The summed E-state index contributed by atoms with van der Waals surface area (Å²) in [6.07, 6.45) is 2.19. The van der Waals surface area contributed by atoms with Crippen LogP contribution in [0, 0.1) is 0 Å². The number of nitrogens with zero attached hydrogens (tertiary/aromatic N) is 1. The Labute approximate surface area is 192 Å². The number of amides is 1. The van der Waals surface area contributed by atoms with Crippen LogP contribution in [0.25, 0.3) is 10.8 Å². The minimum absolute atomic E-state index is 0.234.